The van der Waals surface area contributed by atoms with Crippen molar-refractivity contribution in [2.45, 2.75) is 18.5 Å². The van der Waals surface area contributed by atoms with E-state index in [1.165, 1.54) is 0 Å². The molecule has 0 aromatic rings. The number of carbonyl (C=O) groups is 2. The van der Waals surface area contributed by atoms with Crippen molar-refractivity contribution in [2.24, 2.45) is 0 Å². The molecule has 0 N–H and O–H groups in total. The average Bonchev–Trinajstić information content (AvgIpc) is 2.72. The zero-order chi connectivity index (χ0) is 14.5. The van der Waals surface area contributed by atoms with E-state index in [4.69, 9.17) is 0 Å². The van der Waals surface area contributed by atoms with E-state index in [1.807, 2.05) is 6.08 Å². The minimum absolute atomic E-state index is 0.0229. The lowest BCUT2D eigenvalue weighted by atomic mass is 9.89. The molecule has 2 aliphatic heterocycles. The van der Waals surface area contributed by atoms with E-state index < -0.39 is 0 Å². The van der Waals surface area contributed by atoms with Gasteiger partial charge in [0.25, 0.3) is 0 Å². The van der Waals surface area contributed by atoms with Crippen molar-refractivity contribution in [1.29, 1.82) is 0 Å². The molecule has 20 heavy (non-hydrogen) atoms. The molecule has 5 heteroatoms. The molecule has 2 heterocycles. The standard InChI is InChI=1S/C15H18BrN2O2/c1-18(2)9-17-8-10-3-4-11(19)5-12(10)13(17)6-14(18)15(20)7-16/h3-5,8,13-14H,6-7,9H2,1-2H3/q+1. The van der Waals surface area contributed by atoms with Crippen LogP contribution in [-0.4, -0.2) is 59.1 Å². The normalized spacial score (nSPS) is 30.6. The second-order valence-corrected chi connectivity index (χ2v) is 6.78. The number of nitrogens with zero attached hydrogens (tertiary/aromatic N) is 2. The summed E-state index contributed by atoms with van der Waals surface area (Å²) >= 11 is 3.29. The van der Waals surface area contributed by atoms with Crippen LogP contribution in [0.2, 0.25) is 0 Å². The van der Waals surface area contributed by atoms with Gasteiger partial charge < -0.3 is 9.38 Å². The van der Waals surface area contributed by atoms with Crippen LogP contribution in [-0.2, 0) is 9.59 Å². The Hall–Kier alpha value is -1.20. The van der Waals surface area contributed by atoms with Gasteiger partial charge in [-0.05, 0) is 29.4 Å². The van der Waals surface area contributed by atoms with Gasteiger partial charge in [-0.15, -0.1) is 0 Å². The molecule has 0 bridgehead atoms. The van der Waals surface area contributed by atoms with Crippen LogP contribution in [0.15, 0.2) is 35.6 Å². The second kappa shape index (κ2) is 4.67. The Morgan fingerprint density at radius 2 is 2.20 bits per heavy atom. The SMILES string of the molecule is C[N+]1(C)CN2C=C3C=CC(=O)C=C3C2CC1C(=O)CBr. The third-order valence-corrected chi connectivity index (χ3v) is 5.00. The van der Waals surface area contributed by atoms with Crippen molar-refractivity contribution >= 4 is 27.5 Å². The van der Waals surface area contributed by atoms with Gasteiger partial charge in [0.2, 0.25) is 5.78 Å². The van der Waals surface area contributed by atoms with Crippen molar-refractivity contribution in [2.75, 3.05) is 26.1 Å². The molecule has 0 aromatic heterocycles. The zero-order valence-electron chi connectivity index (χ0n) is 11.7. The topological polar surface area (TPSA) is 37.4 Å². The molecule has 0 aromatic carbocycles. The first kappa shape index (κ1) is 13.8. The molecule has 2 unspecified atom stereocenters. The number of ketones is 2. The van der Waals surface area contributed by atoms with Crippen LogP contribution in [0, 0.1) is 0 Å². The highest BCUT2D eigenvalue weighted by Gasteiger charge is 2.47. The van der Waals surface area contributed by atoms with E-state index in [1.54, 1.807) is 12.2 Å². The molecule has 3 rings (SSSR count). The highest BCUT2D eigenvalue weighted by atomic mass is 79.9. The highest BCUT2D eigenvalue weighted by molar-refractivity contribution is 9.09. The van der Waals surface area contributed by atoms with E-state index in [9.17, 15) is 9.59 Å². The Morgan fingerprint density at radius 1 is 1.45 bits per heavy atom. The van der Waals surface area contributed by atoms with Crippen molar-refractivity contribution in [1.82, 2.24) is 4.90 Å². The van der Waals surface area contributed by atoms with Gasteiger partial charge in [-0.1, -0.05) is 15.9 Å². The summed E-state index contributed by atoms with van der Waals surface area (Å²) in [4.78, 5) is 26.1. The maximum atomic E-state index is 12.2. The molecule has 3 aliphatic rings. The van der Waals surface area contributed by atoms with Gasteiger partial charge in [-0.3, -0.25) is 9.59 Å². The average molecular weight is 338 g/mol. The Bertz CT molecular complexity index is 574. The summed E-state index contributed by atoms with van der Waals surface area (Å²) in [6.45, 7) is 0.789. The van der Waals surface area contributed by atoms with Crippen LogP contribution in [0.4, 0.5) is 0 Å². The number of quaternary nitrogens is 1. The monoisotopic (exact) mass is 337 g/mol. The van der Waals surface area contributed by atoms with Gasteiger partial charge in [0.1, 0.15) is 0 Å². The highest BCUT2D eigenvalue weighted by Crippen LogP contribution is 2.38. The van der Waals surface area contributed by atoms with Gasteiger partial charge in [0.15, 0.2) is 18.5 Å². The summed E-state index contributed by atoms with van der Waals surface area (Å²) in [6.07, 6.45) is 8.10. The number of rotatable bonds is 2. The summed E-state index contributed by atoms with van der Waals surface area (Å²) in [5.74, 6) is 0.281. The summed E-state index contributed by atoms with van der Waals surface area (Å²) in [5, 5.41) is 0.393. The number of likely N-dealkylation sites (N-methyl/N-ethyl adjacent to an activating group) is 1. The molecule has 1 saturated heterocycles. The molecule has 0 saturated carbocycles. The fraction of sp³-hybridized carbons (Fsp3) is 0.467. The second-order valence-electron chi connectivity index (χ2n) is 6.22. The summed E-state index contributed by atoms with van der Waals surface area (Å²) in [7, 11) is 4.19. The fourth-order valence-electron chi connectivity index (χ4n) is 3.43. The Labute approximate surface area is 127 Å². The molecule has 1 aliphatic carbocycles. The van der Waals surface area contributed by atoms with Crippen LogP contribution in [0.5, 0.6) is 0 Å². The molecule has 0 amide bonds. The van der Waals surface area contributed by atoms with Crippen LogP contribution < -0.4 is 0 Å². The molecular formula is C15H18BrN2O2+. The minimum atomic E-state index is -0.0229. The number of fused-ring (bicyclic) bond motifs is 3. The lowest BCUT2D eigenvalue weighted by Crippen LogP contribution is -2.63. The number of hydrogen-bond acceptors (Lipinski definition) is 3. The minimum Gasteiger partial charge on any atom is -0.324 e. The molecule has 106 valence electrons. The number of carbonyl (C=O) groups excluding carboxylic acids is 2. The largest absolute Gasteiger partial charge is 0.324 e. The number of hydrogen-bond donors (Lipinski definition) is 0. The fourth-order valence-corrected chi connectivity index (χ4v) is 3.81. The Morgan fingerprint density at radius 3 is 2.90 bits per heavy atom. The van der Waals surface area contributed by atoms with E-state index in [0.717, 1.165) is 24.2 Å². The predicted octanol–water partition coefficient (Wildman–Crippen LogP) is 1.39. The first-order valence-corrected chi connectivity index (χ1v) is 7.87. The van der Waals surface area contributed by atoms with E-state index >= 15 is 0 Å². The van der Waals surface area contributed by atoms with Gasteiger partial charge >= 0.3 is 0 Å². The number of halogens is 1. The molecule has 4 nitrogen and oxygen atoms in total. The molecular weight excluding hydrogens is 320 g/mol. The lowest BCUT2D eigenvalue weighted by molar-refractivity contribution is -0.921. The first-order chi connectivity index (χ1) is 9.42. The third-order valence-electron chi connectivity index (χ3n) is 4.44. The smallest absolute Gasteiger partial charge is 0.200 e. The first-order valence-electron chi connectivity index (χ1n) is 6.75. The number of allylic oxidation sites excluding steroid dienone is 3. The predicted molar refractivity (Wildman–Crippen MR) is 80.1 cm³/mol. The van der Waals surface area contributed by atoms with Gasteiger partial charge in [0.05, 0.1) is 25.5 Å². The summed E-state index contributed by atoms with van der Waals surface area (Å²) < 4.78 is 0.662. The van der Waals surface area contributed by atoms with Crippen LogP contribution >= 0.6 is 15.9 Å². The van der Waals surface area contributed by atoms with Crippen LogP contribution in [0.25, 0.3) is 0 Å². The summed E-state index contributed by atoms with van der Waals surface area (Å²) in [5.41, 5.74) is 2.19. The van der Waals surface area contributed by atoms with E-state index in [-0.39, 0.29) is 23.7 Å². The zero-order valence-corrected chi connectivity index (χ0v) is 13.3. The summed E-state index contributed by atoms with van der Waals surface area (Å²) in [6, 6.07) is 0.142. The molecule has 1 fully saturated rings. The maximum Gasteiger partial charge on any atom is 0.200 e. The van der Waals surface area contributed by atoms with E-state index in [2.05, 4.69) is 41.1 Å². The van der Waals surface area contributed by atoms with Crippen molar-refractivity contribution < 1.29 is 14.1 Å². The van der Waals surface area contributed by atoms with Crippen LogP contribution in [0.3, 0.4) is 0 Å². The third kappa shape index (κ3) is 2.09. The van der Waals surface area contributed by atoms with Crippen molar-refractivity contribution in [3.8, 4) is 0 Å². The Balaban J connectivity index is 1.93. The van der Waals surface area contributed by atoms with Crippen molar-refractivity contribution in [3.05, 3.63) is 35.6 Å². The van der Waals surface area contributed by atoms with Crippen LogP contribution in [0.1, 0.15) is 6.42 Å². The Kier molecular flexibility index (Phi) is 3.21. The molecule has 2 atom stereocenters. The van der Waals surface area contributed by atoms with Gasteiger partial charge in [0, 0.05) is 12.6 Å². The maximum absolute atomic E-state index is 12.2. The lowest BCUT2D eigenvalue weighted by Gasteiger charge is -2.47. The van der Waals surface area contributed by atoms with E-state index in [0.29, 0.717) is 9.81 Å². The van der Waals surface area contributed by atoms with Gasteiger partial charge in [-0.2, -0.15) is 0 Å². The number of Topliss-reactive ketones (excluding diaryl/α,β-unsaturated/α-hetero) is 1. The quantitative estimate of drug-likeness (QED) is 0.564. The van der Waals surface area contributed by atoms with Gasteiger partial charge in [-0.25, -0.2) is 0 Å². The molecule has 0 radical (unpaired) electrons. The van der Waals surface area contributed by atoms with Crippen molar-refractivity contribution in [3.63, 3.8) is 0 Å². The number of alkyl halides is 1. The molecule has 0 spiro atoms.